The van der Waals surface area contributed by atoms with Gasteiger partial charge in [0.05, 0.1) is 5.02 Å². The lowest BCUT2D eigenvalue weighted by atomic mass is 9.81. The SMILES string of the molecule is CCCn1cc(Cl)cc1C(=O)NCC1(C)CCNCC1. The van der Waals surface area contributed by atoms with E-state index in [0.717, 1.165) is 45.4 Å². The minimum Gasteiger partial charge on any atom is -0.350 e. The molecule has 1 aromatic rings. The first kappa shape index (κ1) is 15.4. The van der Waals surface area contributed by atoms with Crippen molar-refractivity contribution in [2.24, 2.45) is 5.41 Å². The monoisotopic (exact) mass is 297 g/mol. The van der Waals surface area contributed by atoms with Gasteiger partial charge >= 0.3 is 0 Å². The molecule has 1 aliphatic heterocycles. The molecule has 4 nitrogen and oxygen atoms in total. The Hall–Kier alpha value is -1.00. The minimum atomic E-state index is -0.0230. The highest BCUT2D eigenvalue weighted by molar-refractivity contribution is 6.31. The van der Waals surface area contributed by atoms with Crippen molar-refractivity contribution in [1.29, 1.82) is 0 Å². The van der Waals surface area contributed by atoms with Gasteiger partial charge in [0, 0.05) is 19.3 Å². The first-order valence-corrected chi connectivity index (χ1v) is 7.76. The highest BCUT2D eigenvalue weighted by Crippen LogP contribution is 2.26. The van der Waals surface area contributed by atoms with Crippen LogP contribution in [0.1, 0.15) is 43.6 Å². The van der Waals surface area contributed by atoms with Gasteiger partial charge in [-0.1, -0.05) is 25.4 Å². The van der Waals surface area contributed by atoms with Crippen LogP contribution in [0.3, 0.4) is 0 Å². The summed E-state index contributed by atoms with van der Waals surface area (Å²) in [4.78, 5) is 12.3. The van der Waals surface area contributed by atoms with E-state index in [2.05, 4.69) is 24.5 Å². The van der Waals surface area contributed by atoms with Crippen molar-refractivity contribution in [2.75, 3.05) is 19.6 Å². The third-order valence-corrected chi connectivity index (χ3v) is 4.25. The molecule has 0 saturated carbocycles. The van der Waals surface area contributed by atoms with E-state index in [1.807, 2.05) is 10.8 Å². The van der Waals surface area contributed by atoms with Gasteiger partial charge in [-0.2, -0.15) is 0 Å². The van der Waals surface area contributed by atoms with E-state index in [0.29, 0.717) is 10.7 Å². The number of nitrogens with one attached hydrogen (secondary N) is 2. The second-order valence-corrected chi connectivity index (χ2v) is 6.42. The number of rotatable bonds is 5. The van der Waals surface area contributed by atoms with E-state index >= 15 is 0 Å². The summed E-state index contributed by atoms with van der Waals surface area (Å²) in [6, 6.07) is 1.75. The molecule has 0 atom stereocenters. The summed E-state index contributed by atoms with van der Waals surface area (Å²) in [5.41, 5.74) is 0.863. The van der Waals surface area contributed by atoms with Gasteiger partial charge in [-0.25, -0.2) is 0 Å². The molecule has 0 spiro atoms. The van der Waals surface area contributed by atoms with Crippen LogP contribution in [0.2, 0.25) is 5.02 Å². The molecule has 0 bridgehead atoms. The van der Waals surface area contributed by atoms with Crippen LogP contribution in [0.5, 0.6) is 0 Å². The van der Waals surface area contributed by atoms with Gasteiger partial charge in [-0.15, -0.1) is 0 Å². The summed E-state index contributed by atoms with van der Waals surface area (Å²) in [6.07, 6.45) is 5.01. The Balaban J connectivity index is 1.97. The van der Waals surface area contributed by atoms with Crippen LogP contribution in [0.4, 0.5) is 0 Å². The van der Waals surface area contributed by atoms with Gasteiger partial charge < -0.3 is 15.2 Å². The fourth-order valence-electron chi connectivity index (χ4n) is 2.68. The number of aryl methyl sites for hydroxylation is 1. The van der Waals surface area contributed by atoms with E-state index in [1.54, 1.807) is 6.07 Å². The Labute approximate surface area is 125 Å². The number of amides is 1. The zero-order chi connectivity index (χ0) is 14.6. The molecule has 0 radical (unpaired) electrons. The summed E-state index contributed by atoms with van der Waals surface area (Å²) in [7, 11) is 0. The fraction of sp³-hybridized carbons (Fsp3) is 0.667. The number of hydrogen-bond acceptors (Lipinski definition) is 2. The molecule has 1 amide bonds. The van der Waals surface area contributed by atoms with E-state index in [4.69, 9.17) is 11.6 Å². The van der Waals surface area contributed by atoms with Gasteiger partial charge in [-0.3, -0.25) is 4.79 Å². The molecule has 0 aliphatic carbocycles. The molecule has 5 heteroatoms. The second kappa shape index (κ2) is 6.64. The molecule has 1 aliphatic rings. The minimum absolute atomic E-state index is 0.0230. The van der Waals surface area contributed by atoms with Crippen molar-refractivity contribution in [3.8, 4) is 0 Å². The number of carbonyl (C=O) groups excluding carboxylic acids is 1. The molecule has 112 valence electrons. The normalized spacial score (nSPS) is 17.9. The highest BCUT2D eigenvalue weighted by Gasteiger charge is 2.27. The summed E-state index contributed by atoms with van der Waals surface area (Å²) in [5, 5.41) is 7.05. The summed E-state index contributed by atoms with van der Waals surface area (Å²) in [6.45, 7) is 7.94. The van der Waals surface area contributed by atoms with Crippen molar-refractivity contribution in [2.45, 2.75) is 39.7 Å². The largest absolute Gasteiger partial charge is 0.350 e. The molecule has 0 aromatic carbocycles. The number of hydrogen-bond donors (Lipinski definition) is 2. The number of carbonyl (C=O) groups is 1. The molecule has 1 fully saturated rings. The van der Waals surface area contributed by atoms with Crippen LogP contribution >= 0.6 is 11.6 Å². The first-order valence-electron chi connectivity index (χ1n) is 7.39. The maximum atomic E-state index is 12.3. The Bertz CT molecular complexity index is 464. The zero-order valence-corrected chi connectivity index (χ0v) is 13.1. The van der Waals surface area contributed by atoms with Crippen LogP contribution in [0.15, 0.2) is 12.3 Å². The van der Waals surface area contributed by atoms with Gasteiger partial charge in [0.1, 0.15) is 5.69 Å². The molecule has 20 heavy (non-hydrogen) atoms. The molecule has 1 aromatic heterocycles. The number of piperidine rings is 1. The van der Waals surface area contributed by atoms with Crippen LogP contribution in [0, 0.1) is 5.41 Å². The number of aromatic nitrogens is 1. The van der Waals surface area contributed by atoms with Crippen LogP contribution < -0.4 is 10.6 Å². The quantitative estimate of drug-likeness (QED) is 0.878. The van der Waals surface area contributed by atoms with Crippen molar-refractivity contribution >= 4 is 17.5 Å². The third-order valence-electron chi connectivity index (χ3n) is 4.05. The zero-order valence-electron chi connectivity index (χ0n) is 12.3. The highest BCUT2D eigenvalue weighted by atomic mass is 35.5. The smallest absolute Gasteiger partial charge is 0.267 e. The standard InChI is InChI=1S/C15H24ClN3O/c1-3-8-19-10-12(16)9-13(19)14(20)18-11-15(2)4-6-17-7-5-15/h9-10,17H,3-8,11H2,1-2H3,(H,18,20). The Morgan fingerprint density at radius 2 is 2.20 bits per heavy atom. The number of nitrogens with zero attached hydrogens (tertiary/aromatic N) is 1. The average Bonchev–Trinajstić information content (AvgIpc) is 2.79. The second-order valence-electron chi connectivity index (χ2n) is 5.98. The lowest BCUT2D eigenvalue weighted by Gasteiger charge is -2.34. The molecule has 1 saturated heterocycles. The Morgan fingerprint density at radius 1 is 1.50 bits per heavy atom. The van der Waals surface area contributed by atoms with Crippen molar-refractivity contribution in [3.63, 3.8) is 0 Å². The Morgan fingerprint density at radius 3 is 2.85 bits per heavy atom. The van der Waals surface area contributed by atoms with Gasteiger partial charge in [0.15, 0.2) is 0 Å². The molecule has 2 heterocycles. The summed E-state index contributed by atoms with van der Waals surface area (Å²) in [5.74, 6) is -0.0230. The molecule has 2 rings (SSSR count). The first-order chi connectivity index (χ1) is 9.54. The lowest BCUT2D eigenvalue weighted by Crippen LogP contribution is -2.43. The fourth-order valence-corrected chi connectivity index (χ4v) is 2.90. The predicted octanol–water partition coefficient (Wildman–Crippen LogP) is 2.67. The maximum absolute atomic E-state index is 12.3. The summed E-state index contributed by atoms with van der Waals surface area (Å²) < 4.78 is 1.93. The van der Waals surface area contributed by atoms with E-state index in [1.165, 1.54) is 0 Å². The molecular weight excluding hydrogens is 274 g/mol. The van der Waals surface area contributed by atoms with Crippen molar-refractivity contribution < 1.29 is 4.79 Å². The van der Waals surface area contributed by atoms with E-state index in [9.17, 15) is 4.79 Å². The van der Waals surface area contributed by atoms with E-state index in [-0.39, 0.29) is 11.3 Å². The predicted molar refractivity (Wildman–Crippen MR) is 82.3 cm³/mol. The maximum Gasteiger partial charge on any atom is 0.267 e. The topological polar surface area (TPSA) is 46.1 Å². The van der Waals surface area contributed by atoms with Crippen LogP contribution in [-0.2, 0) is 6.54 Å². The van der Waals surface area contributed by atoms with Crippen molar-refractivity contribution in [1.82, 2.24) is 15.2 Å². The van der Waals surface area contributed by atoms with Crippen LogP contribution in [-0.4, -0.2) is 30.1 Å². The van der Waals surface area contributed by atoms with Crippen LogP contribution in [0.25, 0.3) is 0 Å². The van der Waals surface area contributed by atoms with E-state index < -0.39 is 0 Å². The average molecular weight is 298 g/mol. The Kier molecular flexibility index (Phi) is 5.11. The molecule has 0 unspecified atom stereocenters. The van der Waals surface area contributed by atoms with Gasteiger partial charge in [-0.05, 0) is 43.8 Å². The lowest BCUT2D eigenvalue weighted by molar-refractivity contribution is 0.0913. The molecular formula is C15H24ClN3O. The summed E-state index contributed by atoms with van der Waals surface area (Å²) >= 11 is 6.01. The third kappa shape index (κ3) is 3.76. The van der Waals surface area contributed by atoms with Crippen molar-refractivity contribution in [3.05, 3.63) is 23.0 Å². The van der Waals surface area contributed by atoms with Gasteiger partial charge in [0.2, 0.25) is 0 Å². The van der Waals surface area contributed by atoms with Gasteiger partial charge in [0.25, 0.3) is 5.91 Å². The number of halogens is 1. The molecule has 2 N–H and O–H groups in total.